The summed E-state index contributed by atoms with van der Waals surface area (Å²) in [5.41, 5.74) is 3.51. The highest BCUT2D eigenvalue weighted by molar-refractivity contribution is 5.77. The summed E-state index contributed by atoms with van der Waals surface area (Å²) in [6.07, 6.45) is 1.41. The summed E-state index contributed by atoms with van der Waals surface area (Å²) >= 11 is 0. The molecule has 30 heavy (non-hydrogen) atoms. The predicted octanol–water partition coefficient (Wildman–Crippen LogP) is 5.02. The van der Waals surface area contributed by atoms with Crippen molar-refractivity contribution in [2.24, 2.45) is 0 Å². The molecule has 3 nitrogen and oxygen atoms in total. The van der Waals surface area contributed by atoms with E-state index in [0.717, 1.165) is 25.1 Å². The van der Waals surface area contributed by atoms with Gasteiger partial charge in [0.2, 0.25) is 5.91 Å². The Kier molecular flexibility index (Phi) is 6.55. The number of likely N-dealkylation sites (tertiary alicyclic amines) is 1. The third-order valence-corrected chi connectivity index (χ3v) is 5.74. The molecule has 3 aromatic rings. The number of rotatable bonds is 7. The highest BCUT2D eigenvalue weighted by Crippen LogP contribution is 2.23. The topological polar surface area (TPSA) is 23.6 Å². The quantitative estimate of drug-likeness (QED) is 0.554. The summed E-state index contributed by atoms with van der Waals surface area (Å²) in [6, 6.07) is 27.7. The molecule has 1 amide bonds. The van der Waals surface area contributed by atoms with Gasteiger partial charge in [0.25, 0.3) is 0 Å². The van der Waals surface area contributed by atoms with Gasteiger partial charge in [-0.2, -0.15) is 0 Å². The average molecular weight is 403 g/mol. The van der Waals surface area contributed by atoms with E-state index in [0.29, 0.717) is 19.5 Å². The minimum atomic E-state index is -0.251. The van der Waals surface area contributed by atoms with Crippen molar-refractivity contribution >= 4 is 5.91 Å². The zero-order valence-electron chi connectivity index (χ0n) is 17.1. The molecule has 0 bridgehead atoms. The summed E-state index contributed by atoms with van der Waals surface area (Å²) in [6.45, 7) is 2.91. The fourth-order valence-corrected chi connectivity index (χ4v) is 4.11. The van der Waals surface area contributed by atoms with Crippen molar-refractivity contribution in [3.63, 3.8) is 0 Å². The van der Waals surface area contributed by atoms with E-state index in [2.05, 4.69) is 53.4 Å². The van der Waals surface area contributed by atoms with Crippen LogP contribution in [0.4, 0.5) is 4.39 Å². The molecule has 1 aliphatic rings. The van der Waals surface area contributed by atoms with E-state index in [1.807, 2.05) is 17.0 Å². The van der Waals surface area contributed by atoms with Crippen LogP contribution in [0.1, 0.15) is 29.5 Å². The van der Waals surface area contributed by atoms with Crippen molar-refractivity contribution in [2.45, 2.75) is 38.5 Å². The Bertz CT molecular complexity index is 902. The smallest absolute Gasteiger partial charge is 0.222 e. The Balaban J connectivity index is 1.51. The minimum Gasteiger partial charge on any atom is -0.337 e. The number of halogens is 1. The van der Waals surface area contributed by atoms with Gasteiger partial charge in [0.15, 0.2) is 0 Å². The molecule has 1 fully saturated rings. The molecule has 0 saturated carbocycles. The van der Waals surface area contributed by atoms with Crippen LogP contribution in [0.25, 0.3) is 0 Å². The highest BCUT2D eigenvalue weighted by Gasteiger charge is 2.29. The summed E-state index contributed by atoms with van der Waals surface area (Å²) < 4.78 is 13.2. The third-order valence-electron chi connectivity index (χ3n) is 5.74. The van der Waals surface area contributed by atoms with Crippen LogP contribution in [0.2, 0.25) is 0 Å². The van der Waals surface area contributed by atoms with Gasteiger partial charge in [-0.25, -0.2) is 4.39 Å². The fourth-order valence-electron chi connectivity index (χ4n) is 4.11. The van der Waals surface area contributed by atoms with Crippen molar-refractivity contribution in [3.05, 3.63) is 107 Å². The molecule has 1 heterocycles. The molecule has 1 aliphatic heterocycles. The van der Waals surface area contributed by atoms with Gasteiger partial charge < -0.3 is 4.90 Å². The van der Waals surface area contributed by atoms with Crippen molar-refractivity contribution in [1.29, 1.82) is 0 Å². The Hall–Kier alpha value is -2.98. The Morgan fingerprint density at radius 3 is 1.93 bits per heavy atom. The van der Waals surface area contributed by atoms with Gasteiger partial charge in [-0.3, -0.25) is 9.69 Å². The minimum absolute atomic E-state index is 0.176. The van der Waals surface area contributed by atoms with Crippen LogP contribution in [0.3, 0.4) is 0 Å². The zero-order valence-corrected chi connectivity index (χ0v) is 17.1. The molecule has 0 N–H and O–H groups in total. The zero-order chi connectivity index (χ0) is 20.8. The van der Waals surface area contributed by atoms with Gasteiger partial charge in [0.1, 0.15) is 5.82 Å². The first-order valence-electron chi connectivity index (χ1n) is 10.5. The van der Waals surface area contributed by atoms with Crippen LogP contribution in [0.15, 0.2) is 84.9 Å². The molecular weight excluding hydrogens is 375 g/mol. The molecule has 1 atom stereocenters. The summed E-state index contributed by atoms with van der Waals surface area (Å²) in [7, 11) is 0. The normalized spacial score (nSPS) is 16.8. The van der Waals surface area contributed by atoms with E-state index in [9.17, 15) is 9.18 Å². The largest absolute Gasteiger partial charge is 0.337 e. The van der Waals surface area contributed by atoms with Crippen LogP contribution < -0.4 is 0 Å². The van der Waals surface area contributed by atoms with E-state index in [-0.39, 0.29) is 17.8 Å². The first-order chi connectivity index (χ1) is 14.7. The van der Waals surface area contributed by atoms with Crippen LogP contribution in [0.5, 0.6) is 0 Å². The molecule has 1 saturated heterocycles. The number of carbonyl (C=O) groups excluding carboxylic acids is 1. The SMILES string of the molecule is O=C1CCC(N(Cc2ccccc2)Cc2ccccc2)CN1Cc1ccc(F)cc1. The van der Waals surface area contributed by atoms with E-state index in [4.69, 9.17) is 0 Å². The van der Waals surface area contributed by atoms with Crippen molar-refractivity contribution < 1.29 is 9.18 Å². The van der Waals surface area contributed by atoms with E-state index >= 15 is 0 Å². The summed E-state index contributed by atoms with van der Waals surface area (Å²) in [5, 5.41) is 0. The average Bonchev–Trinajstić information content (AvgIpc) is 2.78. The monoisotopic (exact) mass is 402 g/mol. The van der Waals surface area contributed by atoms with Crippen LogP contribution >= 0.6 is 0 Å². The second-order valence-electron chi connectivity index (χ2n) is 7.97. The van der Waals surface area contributed by atoms with Crippen molar-refractivity contribution in [3.8, 4) is 0 Å². The van der Waals surface area contributed by atoms with Gasteiger partial charge in [0, 0.05) is 38.6 Å². The maximum absolute atomic E-state index is 13.2. The van der Waals surface area contributed by atoms with Crippen LogP contribution in [-0.2, 0) is 24.4 Å². The van der Waals surface area contributed by atoms with Gasteiger partial charge in [-0.1, -0.05) is 72.8 Å². The lowest BCUT2D eigenvalue weighted by Crippen LogP contribution is -2.49. The standard InChI is InChI=1S/C26H27FN2O/c27-24-13-11-23(12-14-24)19-29-20-25(15-16-26(29)30)28(17-21-7-3-1-4-8-21)18-22-9-5-2-6-10-22/h1-14,25H,15-20H2. The molecule has 4 rings (SSSR count). The molecule has 1 unspecified atom stereocenters. The van der Waals surface area contributed by atoms with Gasteiger partial charge in [0.05, 0.1) is 0 Å². The second kappa shape index (κ2) is 9.68. The molecule has 0 aromatic heterocycles. The number of benzene rings is 3. The molecule has 4 heteroatoms. The van der Waals surface area contributed by atoms with Crippen LogP contribution in [0, 0.1) is 5.82 Å². The third kappa shape index (κ3) is 5.33. The maximum Gasteiger partial charge on any atom is 0.222 e. The van der Waals surface area contributed by atoms with Gasteiger partial charge in [-0.15, -0.1) is 0 Å². The van der Waals surface area contributed by atoms with Crippen LogP contribution in [-0.4, -0.2) is 28.3 Å². The number of hydrogen-bond donors (Lipinski definition) is 0. The van der Waals surface area contributed by atoms with Gasteiger partial charge in [-0.05, 0) is 35.2 Å². The fraction of sp³-hybridized carbons (Fsp3) is 0.269. The molecular formula is C26H27FN2O. The summed E-state index contributed by atoms with van der Waals surface area (Å²) in [4.78, 5) is 17.0. The first kappa shape index (κ1) is 20.3. The Morgan fingerprint density at radius 2 is 1.37 bits per heavy atom. The Morgan fingerprint density at radius 1 is 0.800 bits per heavy atom. The van der Waals surface area contributed by atoms with E-state index in [1.54, 1.807) is 12.1 Å². The van der Waals surface area contributed by atoms with Crippen molar-refractivity contribution in [1.82, 2.24) is 9.80 Å². The molecule has 154 valence electrons. The number of nitrogens with zero attached hydrogens (tertiary/aromatic N) is 2. The lowest BCUT2D eigenvalue weighted by atomic mass is 10.0. The first-order valence-corrected chi connectivity index (χ1v) is 10.5. The lowest BCUT2D eigenvalue weighted by Gasteiger charge is -2.39. The van der Waals surface area contributed by atoms with E-state index < -0.39 is 0 Å². The lowest BCUT2D eigenvalue weighted by molar-refractivity contribution is -0.136. The maximum atomic E-state index is 13.2. The van der Waals surface area contributed by atoms with Gasteiger partial charge >= 0.3 is 0 Å². The molecule has 0 radical (unpaired) electrons. The number of carbonyl (C=O) groups is 1. The molecule has 0 spiro atoms. The molecule has 0 aliphatic carbocycles. The number of piperidine rings is 1. The number of amides is 1. The Labute approximate surface area is 177 Å². The van der Waals surface area contributed by atoms with Crippen molar-refractivity contribution in [2.75, 3.05) is 6.54 Å². The number of hydrogen-bond acceptors (Lipinski definition) is 2. The highest BCUT2D eigenvalue weighted by atomic mass is 19.1. The second-order valence-corrected chi connectivity index (χ2v) is 7.97. The predicted molar refractivity (Wildman–Crippen MR) is 117 cm³/mol. The molecule has 3 aromatic carbocycles. The summed E-state index contributed by atoms with van der Waals surface area (Å²) in [5.74, 6) is -0.0755. The van der Waals surface area contributed by atoms with E-state index in [1.165, 1.54) is 23.3 Å².